The van der Waals surface area contributed by atoms with Crippen molar-refractivity contribution in [2.24, 2.45) is 0 Å². The van der Waals surface area contributed by atoms with Gasteiger partial charge < -0.3 is 14.5 Å². The van der Waals surface area contributed by atoms with E-state index in [0.717, 1.165) is 22.7 Å². The number of alkyl halides is 3. The topological polar surface area (TPSA) is 45.7 Å². The lowest BCUT2D eigenvalue weighted by Crippen LogP contribution is -2.50. The molecule has 0 N–H and O–H groups in total. The highest BCUT2D eigenvalue weighted by molar-refractivity contribution is 7.99. The molecule has 162 valence electrons. The van der Waals surface area contributed by atoms with Crippen molar-refractivity contribution in [3.8, 4) is 0 Å². The average Bonchev–Trinajstić information content (AvgIpc) is 2.67. The van der Waals surface area contributed by atoms with Crippen LogP contribution in [0.25, 0.3) is 0 Å². The molecule has 3 rings (SSSR count). The number of rotatable bonds is 3. The summed E-state index contributed by atoms with van der Waals surface area (Å²) in [5, 5.41) is 0.295. The predicted molar refractivity (Wildman–Crippen MR) is 110 cm³/mol. The number of benzene rings is 1. The predicted octanol–water partition coefficient (Wildman–Crippen LogP) is 5.31. The van der Waals surface area contributed by atoms with E-state index >= 15 is 0 Å². The Morgan fingerprint density at radius 3 is 2.23 bits per heavy atom. The third-order valence-corrected chi connectivity index (χ3v) is 5.36. The Morgan fingerprint density at radius 1 is 1.03 bits per heavy atom. The number of hydrogen-bond acceptors (Lipinski definition) is 5. The molecule has 0 unspecified atom stereocenters. The van der Waals surface area contributed by atoms with E-state index in [0.29, 0.717) is 31.2 Å². The van der Waals surface area contributed by atoms with Gasteiger partial charge in [-0.3, -0.25) is 0 Å². The van der Waals surface area contributed by atoms with Crippen LogP contribution in [0.2, 0.25) is 0 Å². The fourth-order valence-electron chi connectivity index (χ4n) is 2.96. The van der Waals surface area contributed by atoms with E-state index in [4.69, 9.17) is 4.74 Å². The van der Waals surface area contributed by atoms with Crippen LogP contribution in [0.3, 0.4) is 0 Å². The number of hydrogen-bond donors (Lipinski definition) is 0. The van der Waals surface area contributed by atoms with Gasteiger partial charge >= 0.3 is 12.3 Å². The molecule has 1 aliphatic heterocycles. The van der Waals surface area contributed by atoms with Crippen molar-refractivity contribution in [3.05, 3.63) is 48.2 Å². The van der Waals surface area contributed by atoms with Crippen LogP contribution in [0.5, 0.6) is 0 Å². The molecule has 1 aromatic heterocycles. The minimum Gasteiger partial charge on any atom is -0.444 e. The van der Waals surface area contributed by atoms with Gasteiger partial charge in [0.25, 0.3) is 0 Å². The van der Waals surface area contributed by atoms with E-state index in [9.17, 15) is 18.0 Å². The zero-order chi connectivity index (χ0) is 21.9. The summed E-state index contributed by atoms with van der Waals surface area (Å²) in [5.41, 5.74) is -0.226. The number of anilines is 1. The summed E-state index contributed by atoms with van der Waals surface area (Å²) in [5.74, 6) is 0. The lowest BCUT2D eigenvalue weighted by Gasteiger charge is -2.36. The van der Waals surface area contributed by atoms with Crippen LogP contribution < -0.4 is 4.90 Å². The van der Waals surface area contributed by atoms with Crippen LogP contribution >= 0.6 is 11.8 Å². The minimum atomic E-state index is -4.39. The molecular weight excluding hydrogens is 415 g/mol. The molecule has 0 radical (unpaired) electrons. The number of piperazine rings is 1. The summed E-state index contributed by atoms with van der Waals surface area (Å²) in [6.07, 6.45) is -3.52. The molecule has 1 saturated heterocycles. The third-order valence-electron chi connectivity index (χ3n) is 4.42. The average molecular weight is 440 g/mol. The molecule has 0 spiro atoms. The smallest absolute Gasteiger partial charge is 0.416 e. The van der Waals surface area contributed by atoms with E-state index in [1.54, 1.807) is 4.90 Å². The van der Waals surface area contributed by atoms with Crippen molar-refractivity contribution in [2.45, 2.75) is 42.5 Å². The normalized spacial score (nSPS) is 15.3. The van der Waals surface area contributed by atoms with Gasteiger partial charge in [-0.05, 0) is 57.2 Å². The molecule has 1 aromatic carbocycles. The number of amides is 1. The highest BCUT2D eigenvalue weighted by Gasteiger charge is 2.31. The molecule has 5 nitrogen and oxygen atoms in total. The number of ether oxygens (including phenoxy) is 1. The lowest BCUT2D eigenvalue weighted by molar-refractivity contribution is -0.137. The second-order valence-corrected chi connectivity index (χ2v) is 9.02. The zero-order valence-corrected chi connectivity index (χ0v) is 17.9. The second-order valence-electron chi connectivity index (χ2n) is 7.93. The third kappa shape index (κ3) is 6.04. The number of nitrogens with zero attached hydrogens (tertiary/aromatic N) is 3. The summed E-state index contributed by atoms with van der Waals surface area (Å²) in [6, 6.07) is 9.60. The fourth-order valence-corrected chi connectivity index (χ4v) is 3.77. The van der Waals surface area contributed by atoms with Crippen LogP contribution in [0, 0.1) is 0 Å². The summed E-state index contributed by atoms with van der Waals surface area (Å²) in [4.78, 5) is 20.8. The fraction of sp³-hybridized carbons (Fsp3) is 0.429. The standard InChI is InChI=1S/C21H24F3N3O2S/c1-20(2,3)29-19(28)27-12-10-26(11-13-27)16-4-6-17(7-5-16)30-18-14-15(8-9-25-18)21(22,23)24/h4-9,14H,10-13H2,1-3H3. The summed E-state index contributed by atoms with van der Waals surface area (Å²) < 4.78 is 44.0. The van der Waals surface area contributed by atoms with Crippen LogP contribution in [-0.4, -0.2) is 47.8 Å². The molecule has 0 atom stereocenters. The molecular formula is C21H24F3N3O2S. The van der Waals surface area contributed by atoms with Crippen molar-refractivity contribution in [2.75, 3.05) is 31.1 Å². The van der Waals surface area contributed by atoms with Gasteiger partial charge in [0.05, 0.1) is 5.56 Å². The molecule has 1 aliphatic rings. The summed E-state index contributed by atoms with van der Waals surface area (Å²) in [7, 11) is 0. The van der Waals surface area contributed by atoms with Gasteiger partial charge in [0, 0.05) is 43.0 Å². The molecule has 0 bridgehead atoms. The van der Waals surface area contributed by atoms with Crippen LogP contribution in [-0.2, 0) is 10.9 Å². The molecule has 9 heteroatoms. The van der Waals surface area contributed by atoms with Gasteiger partial charge in [-0.25, -0.2) is 9.78 Å². The van der Waals surface area contributed by atoms with E-state index in [-0.39, 0.29) is 6.09 Å². The molecule has 1 fully saturated rings. The number of halogens is 3. The highest BCUT2D eigenvalue weighted by Crippen LogP contribution is 2.33. The maximum Gasteiger partial charge on any atom is 0.416 e. The summed E-state index contributed by atoms with van der Waals surface area (Å²) >= 11 is 1.18. The van der Waals surface area contributed by atoms with Gasteiger partial charge in [-0.15, -0.1) is 0 Å². The molecule has 30 heavy (non-hydrogen) atoms. The monoisotopic (exact) mass is 439 g/mol. The van der Waals surface area contributed by atoms with E-state index in [1.165, 1.54) is 18.0 Å². The largest absolute Gasteiger partial charge is 0.444 e. The Labute approximate surface area is 178 Å². The molecule has 2 aromatic rings. The van der Waals surface area contributed by atoms with Gasteiger partial charge in [-0.1, -0.05) is 11.8 Å². The Kier molecular flexibility index (Phi) is 6.50. The molecule has 0 aliphatic carbocycles. The Hall–Kier alpha value is -2.42. The first kappa shape index (κ1) is 22.3. The van der Waals surface area contributed by atoms with Crippen LogP contribution in [0.4, 0.5) is 23.7 Å². The SMILES string of the molecule is CC(C)(C)OC(=O)N1CCN(c2ccc(Sc3cc(C(F)(F)F)ccn3)cc2)CC1. The van der Waals surface area contributed by atoms with Crippen molar-refractivity contribution in [1.29, 1.82) is 0 Å². The maximum atomic E-state index is 12.8. The van der Waals surface area contributed by atoms with Crippen molar-refractivity contribution in [3.63, 3.8) is 0 Å². The molecule has 1 amide bonds. The van der Waals surface area contributed by atoms with E-state index in [2.05, 4.69) is 9.88 Å². The van der Waals surface area contributed by atoms with Gasteiger partial charge in [0.1, 0.15) is 10.6 Å². The van der Waals surface area contributed by atoms with Crippen LogP contribution in [0.1, 0.15) is 26.3 Å². The molecule has 0 saturated carbocycles. The second kappa shape index (κ2) is 8.75. The van der Waals surface area contributed by atoms with Gasteiger partial charge in [0.2, 0.25) is 0 Å². The first-order valence-electron chi connectivity index (χ1n) is 9.55. The Bertz CT molecular complexity index is 874. The summed E-state index contributed by atoms with van der Waals surface area (Å²) in [6.45, 7) is 8.03. The van der Waals surface area contributed by atoms with Crippen molar-refractivity contribution < 1.29 is 22.7 Å². The number of carbonyl (C=O) groups is 1. The Balaban J connectivity index is 1.57. The molecule has 2 heterocycles. The number of pyridine rings is 1. The first-order valence-corrected chi connectivity index (χ1v) is 10.4. The number of carbonyl (C=O) groups excluding carboxylic acids is 1. The zero-order valence-electron chi connectivity index (χ0n) is 17.1. The lowest BCUT2D eigenvalue weighted by atomic mass is 10.2. The van der Waals surface area contributed by atoms with Crippen LogP contribution in [0.15, 0.2) is 52.5 Å². The minimum absolute atomic E-state index is 0.295. The number of aromatic nitrogens is 1. The Morgan fingerprint density at radius 2 is 1.67 bits per heavy atom. The van der Waals surface area contributed by atoms with E-state index in [1.807, 2.05) is 45.0 Å². The first-order chi connectivity index (χ1) is 14.0. The van der Waals surface area contributed by atoms with Crippen molar-refractivity contribution in [1.82, 2.24) is 9.88 Å². The van der Waals surface area contributed by atoms with Crippen molar-refractivity contribution >= 4 is 23.5 Å². The maximum absolute atomic E-state index is 12.8. The van der Waals surface area contributed by atoms with E-state index < -0.39 is 17.3 Å². The van der Waals surface area contributed by atoms with Gasteiger partial charge in [0.15, 0.2) is 0 Å². The highest BCUT2D eigenvalue weighted by atomic mass is 32.2. The quantitative estimate of drug-likeness (QED) is 0.649. The van der Waals surface area contributed by atoms with Gasteiger partial charge in [-0.2, -0.15) is 13.2 Å².